The molecule has 3 nitrogen and oxygen atoms in total. The van der Waals surface area contributed by atoms with Crippen LogP contribution < -0.4 is 4.90 Å². The summed E-state index contributed by atoms with van der Waals surface area (Å²) in [6.45, 7) is 1.83. The summed E-state index contributed by atoms with van der Waals surface area (Å²) in [7, 11) is 0. The summed E-state index contributed by atoms with van der Waals surface area (Å²) in [5.74, 6) is -0.858. The average Bonchev–Trinajstić information content (AvgIpc) is 2.96. The van der Waals surface area contributed by atoms with E-state index in [1.54, 1.807) is 23.5 Å². The van der Waals surface area contributed by atoms with Gasteiger partial charge in [-0.3, -0.25) is 0 Å². The molecule has 0 unspecified atom stereocenters. The molecule has 0 saturated heterocycles. The fourth-order valence-electron chi connectivity index (χ4n) is 2.42. The van der Waals surface area contributed by atoms with Crippen LogP contribution >= 0.6 is 27.3 Å². The molecular formula is C14H12BrNO2S. The fourth-order valence-corrected chi connectivity index (χ4v) is 3.62. The molecule has 1 aromatic carbocycles. The molecule has 0 saturated carbocycles. The smallest absolute Gasteiger partial charge is 0.335 e. The second-order valence-corrected chi connectivity index (χ2v) is 6.87. The molecule has 2 aromatic rings. The van der Waals surface area contributed by atoms with E-state index in [2.05, 4.69) is 32.3 Å². The van der Waals surface area contributed by atoms with E-state index < -0.39 is 5.97 Å². The zero-order chi connectivity index (χ0) is 13.4. The highest BCUT2D eigenvalue weighted by Gasteiger charge is 2.20. The second kappa shape index (κ2) is 4.98. The summed E-state index contributed by atoms with van der Waals surface area (Å²) < 4.78 is 1.14. The highest BCUT2D eigenvalue weighted by Crippen LogP contribution is 2.31. The Bertz CT molecular complexity index is 638. The van der Waals surface area contributed by atoms with Crippen molar-refractivity contribution < 1.29 is 9.90 Å². The number of rotatable bonds is 3. The zero-order valence-electron chi connectivity index (χ0n) is 10.1. The van der Waals surface area contributed by atoms with Crippen molar-refractivity contribution >= 4 is 38.9 Å². The third-order valence-electron chi connectivity index (χ3n) is 3.31. The Morgan fingerprint density at radius 1 is 1.42 bits per heavy atom. The van der Waals surface area contributed by atoms with Crippen LogP contribution in [0.25, 0.3) is 0 Å². The topological polar surface area (TPSA) is 40.5 Å². The van der Waals surface area contributed by atoms with E-state index in [1.165, 1.54) is 5.56 Å². The van der Waals surface area contributed by atoms with Gasteiger partial charge >= 0.3 is 5.97 Å². The van der Waals surface area contributed by atoms with Crippen LogP contribution in [0.1, 0.15) is 21.5 Å². The largest absolute Gasteiger partial charge is 0.478 e. The molecule has 3 rings (SSSR count). The molecule has 0 aliphatic carbocycles. The van der Waals surface area contributed by atoms with Crippen molar-refractivity contribution in [3.05, 3.63) is 50.1 Å². The van der Waals surface area contributed by atoms with Crippen molar-refractivity contribution in [2.24, 2.45) is 0 Å². The molecule has 2 heterocycles. The molecule has 0 radical (unpaired) electrons. The van der Waals surface area contributed by atoms with E-state index in [0.29, 0.717) is 5.56 Å². The number of thiophene rings is 1. The lowest BCUT2D eigenvalue weighted by Crippen LogP contribution is -2.19. The number of fused-ring (bicyclic) bond motifs is 1. The molecule has 98 valence electrons. The second-order valence-electron chi connectivity index (χ2n) is 4.58. The highest BCUT2D eigenvalue weighted by atomic mass is 79.9. The number of nitrogens with zero attached hydrogens (tertiary/aromatic N) is 1. The van der Waals surface area contributed by atoms with Crippen LogP contribution in [-0.2, 0) is 13.0 Å². The lowest BCUT2D eigenvalue weighted by atomic mass is 10.1. The summed E-state index contributed by atoms with van der Waals surface area (Å²) in [6.07, 6.45) is 0.918. The number of aromatic carboxylic acids is 1. The van der Waals surface area contributed by atoms with Crippen molar-refractivity contribution in [1.82, 2.24) is 0 Å². The van der Waals surface area contributed by atoms with Crippen molar-refractivity contribution in [3.63, 3.8) is 0 Å². The quantitative estimate of drug-likeness (QED) is 0.926. The van der Waals surface area contributed by atoms with Gasteiger partial charge in [0.05, 0.1) is 9.35 Å². The van der Waals surface area contributed by atoms with E-state index >= 15 is 0 Å². The SMILES string of the molecule is O=C(O)c1ccc2c(c1)CCN2Cc1csc(Br)c1. The Morgan fingerprint density at radius 2 is 2.26 bits per heavy atom. The Hall–Kier alpha value is -1.33. The summed E-state index contributed by atoms with van der Waals surface area (Å²) in [4.78, 5) is 13.3. The van der Waals surface area contributed by atoms with Gasteiger partial charge in [-0.15, -0.1) is 11.3 Å². The minimum Gasteiger partial charge on any atom is -0.478 e. The summed E-state index contributed by atoms with van der Waals surface area (Å²) in [6, 6.07) is 7.53. The predicted molar refractivity (Wildman–Crippen MR) is 80.2 cm³/mol. The van der Waals surface area contributed by atoms with Gasteiger partial charge in [0.2, 0.25) is 0 Å². The Balaban J connectivity index is 1.84. The number of carboxylic acids is 1. The Morgan fingerprint density at radius 3 is 2.95 bits per heavy atom. The molecule has 0 spiro atoms. The number of carboxylic acid groups (broad SMARTS) is 1. The maximum Gasteiger partial charge on any atom is 0.335 e. The molecule has 5 heteroatoms. The first-order chi connectivity index (χ1) is 9.13. The van der Waals surface area contributed by atoms with Gasteiger partial charge in [-0.25, -0.2) is 4.79 Å². The van der Waals surface area contributed by atoms with Crippen LogP contribution in [0, 0.1) is 0 Å². The summed E-state index contributed by atoms with van der Waals surface area (Å²) >= 11 is 5.16. The van der Waals surface area contributed by atoms with Gasteiger partial charge in [0.25, 0.3) is 0 Å². The third-order valence-corrected chi connectivity index (χ3v) is 4.87. The molecule has 1 aliphatic rings. The molecule has 0 amide bonds. The highest BCUT2D eigenvalue weighted by molar-refractivity contribution is 9.11. The van der Waals surface area contributed by atoms with Gasteiger partial charge < -0.3 is 10.0 Å². The number of hydrogen-bond acceptors (Lipinski definition) is 3. The average molecular weight is 338 g/mol. The maximum atomic E-state index is 11.0. The zero-order valence-corrected chi connectivity index (χ0v) is 12.5. The van der Waals surface area contributed by atoms with Crippen molar-refractivity contribution in [2.75, 3.05) is 11.4 Å². The maximum absolute atomic E-state index is 11.0. The molecule has 0 fully saturated rings. The molecule has 1 aromatic heterocycles. The van der Waals surface area contributed by atoms with E-state index in [-0.39, 0.29) is 0 Å². The van der Waals surface area contributed by atoms with Crippen LogP contribution in [0.3, 0.4) is 0 Å². The van der Waals surface area contributed by atoms with Gasteiger partial charge in [-0.2, -0.15) is 0 Å². The van der Waals surface area contributed by atoms with Crippen LogP contribution in [0.5, 0.6) is 0 Å². The first kappa shape index (κ1) is 12.7. The van der Waals surface area contributed by atoms with Gasteiger partial charge in [-0.05, 0) is 63.1 Å². The van der Waals surface area contributed by atoms with Crippen molar-refractivity contribution in [2.45, 2.75) is 13.0 Å². The first-order valence-corrected chi connectivity index (χ1v) is 7.65. The normalized spacial score (nSPS) is 13.6. The van der Waals surface area contributed by atoms with E-state index in [0.717, 1.165) is 34.5 Å². The van der Waals surface area contributed by atoms with Crippen molar-refractivity contribution in [1.29, 1.82) is 0 Å². The third kappa shape index (κ3) is 2.53. The number of benzene rings is 1. The number of anilines is 1. The fraction of sp³-hybridized carbons (Fsp3) is 0.214. The van der Waals surface area contributed by atoms with Gasteiger partial charge in [0.1, 0.15) is 0 Å². The van der Waals surface area contributed by atoms with Crippen molar-refractivity contribution in [3.8, 4) is 0 Å². The number of hydrogen-bond donors (Lipinski definition) is 1. The standard InChI is InChI=1S/C14H12BrNO2S/c15-13-5-9(8-19-13)7-16-4-3-10-6-11(14(17)18)1-2-12(10)16/h1-2,5-6,8H,3-4,7H2,(H,17,18). The van der Waals surface area contributed by atoms with Gasteiger partial charge in [-0.1, -0.05) is 0 Å². The van der Waals surface area contributed by atoms with E-state index in [9.17, 15) is 4.79 Å². The minimum absolute atomic E-state index is 0.374. The molecule has 19 heavy (non-hydrogen) atoms. The molecule has 1 aliphatic heterocycles. The molecule has 0 bridgehead atoms. The Labute approximate surface area is 123 Å². The Kier molecular flexibility index (Phi) is 3.33. The lowest BCUT2D eigenvalue weighted by molar-refractivity contribution is 0.0697. The van der Waals surface area contributed by atoms with E-state index in [4.69, 9.17) is 5.11 Å². The number of halogens is 1. The van der Waals surface area contributed by atoms with Crippen LogP contribution in [0.15, 0.2) is 33.4 Å². The van der Waals surface area contributed by atoms with Crippen LogP contribution in [0.4, 0.5) is 5.69 Å². The first-order valence-electron chi connectivity index (χ1n) is 5.97. The monoisotopic (exact) mass is 337 g/mol. The molecule has 1 N–H and O–H groups in total. The van der Waals surface area contributed by atoms with Gasteiger partial charge in [0, 0.05) is 18.8 Å². The molecular weight excluding hydrogens is 326 g/mol. The summed E-state index contributed by atoms with van der Waals surface area (Å²) in [5, 5.41) is 11.1. The predicted octanol–water partition coefficient (Wildman–Crippen LogP) is 3.77. The van der Waals surface area contributed by atoms with Crippen LogP contribution in [-0.4, -0.2) is 17.6 Å². The van der Waals surface area contributed by atoms with Gasteiger partial charge in [0.15, 0.2) is 0 Å². The van der Waals surface area contributed by atoms with E-state index in [1.807, 2.05) is 6.07 Å². The van der Waals surface area contributed by atoms with Crippen LogP contribution in [0.2, 0.25) is 0 Å². The molecule has 0 atom stereocenters. The summed E-state index contributed by atoms with van der Waals surface area (Å²) in [5.41, 5.74) is 3.95. The minimum atomic E-state index is -0.858. The lowest BCUT2D eigenvalue weighted by Gasteiger charge is -2.18. The number of carbonyl (C=O) groups is 1.